The summed E-state index contributed by atoms with van der Waals surface area (Å²) in [7, 11) is -4.01. The van der Waals surface area contributed by atoms with Gasteiger partial charge in [0, 0.05) is 38.4 Å². The third-order valence-corrected chi connectivity index (χ3v) is 5.34. The van der Waals surface area contributed by atoms with Crippen molar-refractivity contribution in [3.63, 3.8) is 0 Å². The number of nitrogens with two attached hydrogens (primary N) is 1. The fourth-order valence-corrected chi connectivity index (χ4v) is 3.64. The van der Waals surface area contributed by atoms with E-state index in [4.69, 9.17) is 16.7 Å². The fraction of sp³-hybridized carbons (Fsp3) is 0.267. The number of primary sulfonamides is 1. The van der Waals surface area contributed by atoms with Gasteiger partial charge in [-0.3, -0.25) is 10.1 Å². The van der Waals surface area contributed by atoms with Crippen LogP contribution in [0.25, 0.3) is 0 Å². The van der Waals surface area contributed by atoms with Crippen molar-refractivity contribution in [2.24, 2.45) is 5.14 Å². The minimum atomic E-state index is -4.01. The van der Waals surface area contributed by atoms with Crippen LogP contribution in [0.4, 0.5) is 17.2 Å². The molecule has 0 amide bonds. The number of sulfonamides is 1. The highest BCUT2D eigenvalue weighted by atomic mass is 35.5. The van der Waals surface area contributed by atoms with Gasteiger partial charge in [0.15, 0.2) is 0 Å². The molecule has 1 aliphatic heterocycles. The Labute approximate surface area is 155 Å². The topological polar surface area (TPSA) is 123 Å². The fourth-order valence-electron chi connectivity index (χ4n) is 2.86. The number of hydrogen-bond acceptors (Lipinski definition) is 7. The first-order valence-electron chi connectivity index (χ1n) is 7.69. The maximum atomic E-state index is 11.4. The molecule has 1 saturated heterocycles. The van der Waals surface area contributed by atoms with Crippen LogP contribution >= 0.6 is 11.6 Å². The van der Waals surface area contributed by atoms with E-state index in [2.05, 4.69) is 4.98 Å². The summed E-state index contributed by atoms with van der Waals surface area (Å²) in [6, 6.07) is 7.19. The molecule has 9 nitrogen and oxygen atoms in total. The van der Waals surface area contributed by atoms with Gasteiger partial charge < -0.3 is 9.80 Å². The van der Waals surface area contributed by atoms with Crippen LogP contribution in [0.5, 0.6) is 0 Å². The third kappa shape index (κ3) is 3.71. The van der Waals surface area contributed by atoms with E-state index in [-0.39, 0.29) is 10.6 Å². The lowest BCUT2D eigenvalue weighted by Gasteiger charge is -2.36. The Morgan fingerprint density at radius 1 is 1.15 bits per heavy atom. The monoisotopic (exact) mass is 397 g/mol. The molecule has 0 bridgehead atoms. The first kappa shape index (κ1) is 18.4. The van der Waals surface area contributed by atoms with E-state index in [1.165, 1.54) is 12.1 Å². The maximum absolute atomic E-state index is 11.4. The Hall–Kier alpha value is -2.43. The van der Waals surface area contributed by atoms with Crippen molar-refractivity contribution in [3.8, 4) is 0 Å². The second-order valence-electron chi connectivity index (χ2n) is 5.74. The summed E-state index contributed by atoms with van der Waals surface area (Å²) in [5.41, 5.74) is 0.0648. The van der Waals surface area contributed by atoms with Gasteiger partial charge in [-0.1, -0.05) is 11.6 Å². The normalized spacial score (nSPS) is 15.2. The molecule has 0 radical (unpaired) electrons. The van der Waals surface area contributed by atoms with Gasteiger partial charge in [0.1, 0.15) is 11.5 Å². The molecular weight excluding hydrogens is 382 g/mol. The second-order valence-corrected chi connectivity index (χ2v) is 7.70. The number of rotatable bonds is 4. The van der Waals surface area contributed by atoms with Crippen LogP contribution in [0, 0.1) is 10.1 Å². The van der Waals surface area contributed by atoms with Crippen LogP contribution in [-0.4, -0.2) is 44.5 Å². The number of pyridine rings is 1. The smallest absolute Gasteiger partial charge is 0.293 e. The summed E-state index contributed by atoms with van der Waals surface area (Å²) in [5.74, 6) is 0.674. The summed E-state index contributed by atoms with van der Waals surface area (Å²) >= 11 is 6.16. The highest BCUT2D eigenvalue weighted by Crippen LogP contribution is 2.32. The molecule has 1 fully saturated rings. The molecular formula is C15H16ClN5O4S. The lowest BCUT2D eigenvalue weighted by Crippen LogP contribution is -2.47. The minimum absolute atomic E-state index is 0.285. The Morgan fingerprint density at radius 3 is 2.38 bits per heavy atom. The molecule has 2 heterocycles. The number of hydrogen-bond donors (Lipinski definition) is 1. The predicted molar refractivity (Wildman–Crippen MR) is 98.1 cm³/mol. The Morgan fingerprint density at radius 2 is 1.81 bits per heavy atom. The summed E-state index contributed by atoms with van der Waals surface area (Å²) in [5, 5.41) is 17.0. The number of piperazine rings is 1. The van der Waals surface area contributed by atoms with Crippen LogP contribution in [0.1, 0.15) is 0 Å². The van der Waals surface area contributed by atoms with E-state index in [9.17, 15) is 18.5 Å². The number of nitrogens with zero attached hydrogens (tertiary/aromatic N) is 4. The highest BCUT2D eigenvalue weighted by molar-refractivity contribution is 7.89. The van der Waals surface area contributed by atoms with Gasteiger partial charge in [-0.15, -0.1) is 0 Å². The number of benzene rings is 1. The zero-order chi connectivity index (χ0) is 18.9. The zero-order valence-corrected chi connectivity index (χ0v) is 15.2. The van der Waals surface area contributed by atoms with Gasteiger partial charge in [-0.25, -0.2) is 18.5 Å². The first-order chi connectivity index (χ1) is 12.3. The molecule has 1 aromatic heterocycles. The highest BCUT2D eigenvalue weighted by Gasteiger charge is 2.26. The van der Waals surface area contributed by atoms with Crippen LogP contribution in [-0.2, 0) is 10.0 Å². The molecule has 11 heteroatoms. The van der Waals surface area contributed by atoms with Crippen molar-refractivity contribution in [1.82, 2.24) is 4.98 Å². The van der Waals surface area contributed by atoms with Gasteiger partial charge in [-0.05, 0) is 24.3 Å². The molecule has 0 spiro atoms. The van der Waals surface area contributed by atoms with Crippen LogP contribution in [0.3, 0.4) is 0 Å². The van der Waals surface area contributed by atoms with Crippen molar-refractivity contribution in [3.05, 3.63) is 51.7 Å². The SMILES string of the molecule is NS(=O)(=O)c1ccc(N2CCN(c3ncccc3Cl)CC2)c([N+](=O)[O-])c1. The van der Waals surface area contributed by atoms with E-state index in [1.54, 1.807) is 18.3 Å². The molecule has 2 aromatic rings. The molecule has 1 aliphatic rings. The lowest BCUT2D eigenvalue weighted by atomic mass is 10.2. The Balaban J connectivity index is 1.83. The molecule has 0 saturated carbocycles. The summed E-state index contributed by atoms with van der Waals surface area (Å²) in [6.07, 6.45) is 1.66. The van der Waals surface area contributed by atoms with Gasteiger partial charge in [0.05, 0.1) is 14.8 Å². The van der Waals surface area contributed by atoms with Crippen LogP contribution < -0.4 is 14.9 Å². The molecule has 2 N–H and O–H groups in total. The van der Waals surface area contributed by atoms with Crippen LogP contribution in [0.2, 0.25) is 5.02 Å². The summed E-state index contributed by atoms with van der Waals surface area (Å²) in [4.78, 5) is 18.6. The van der Waals surface area contributed by atoms with E-state index >= 15 is 0 Å². The third-order valence-electron chi connectivity index (χ3n) is 4.13. The average Bonchev–Trinajstić information content (AvgIpc) is 2.61. The number of halogens is 1. The molecule has 26 heavy (non-hydrogen) atoms. The Kier molecular flexibility index (Phi) is 4.99. The number of nitro benzene ring substituents is 1. The largest absolute Gasteiger partial charge is 0.362 e. The molecule has 0 unspecified atom stereocenters. The van der Waals surface area contributed by atoms with Crippen molar-refractivity contribution in [1.29, 1.82) is 0 Å². The van der Waals surface area contributed by atoms with E-state index in [1.807, 2.05) is 9.80 Å². The van der Waals surface area contributed by atoms with Gasteiger partial charge >= 0.3 is 0 Å². The molecule has 138 valence electrons. The van der Waals surface area contributed by atoms with E-state index in [0.717, 1.165) is 6.07 Å². The molecule has 0 aliphatic carbocycles. The summed E-state index contributed by atoms with van der Waals surface area (Å²) in [6.45, 7) is 2.15. The maximum Gasteiger partial charge on any atom is 0.293 e. The number of nitro groups is 1. The van der Waals surface area contributed by atoms with Crippen molar-refractivity contribution < 1.29 is 13.3 Å². The van der Waals surface area contributed by atoms with Gasteiger partial charge in [-0.2, -0.15) is 0 Å². The number of anilines is 2. The van der Waals surface area contributed by atoms with E-state index in [0.29, 0.717) is 42.7 Å². The molecule has 0 atom stereocenters. The zero-order valence-electron chi connectivity index (χ0n) is 13.6. The predicted octanol–water partition coefficient (Wildman–Crippen LogP) is 1.62. The number of aromatic nitrogens is 1. The first-order valence-corrected chi connectivity index (χ1v) is 9.61. The second kappa shape index (κ2) is 7.06. The lowest BCUT2D eigenvalue weighted by molar-refractivity contribution is -0.384. The average molecular weight is 398 g/mol. The molecule has 3 rings (SSSR count). The van der Waals surface area contributed by atoms with Crippen LogP contribution in [0.15, 0.2) is 41.4 Å². The quantitative estimate of drug-likeness (QED) is 0.614. The molecule has 1 aromatic carbocycles. The summed E-state index contributed by atoms with van der Waals surface area (Å²) < 4.78 is 22.9. The van der Waals surface area contributed by atoms with Crippen molar-refractivity contribution >= 4 is 38.8 Å². The Bertz CT molecular complexity index is 945. The van der Waals surface area contributed by atoms with Crippen molar-refractivity contribution in [2.75, 3.05) is 36.0 Å². The van der Waals surface area contributed by atoms with Gasteiger partial charge in [0.2, 0.25) is 10.0 Å². The van der Waals surface area contributed by atoms with E-state index < -0.39 is 14.9 Å². The standard InChI is InChI=1S/C15H16ClN5O4S/c16-12-2-1-5-18-15(12)20-8-6-19(7-9-20)13-4-3-11(26(17,24)25)10-14(13)21(22)23/h1-5,10H,6-9H2,(H2,17,24,25). The minimum Gasteiger partial charge on any atom is -0.362 e. The van der Waals surface area contributed by atoms with Gasteiger partial charge in [0.25, 0.3) is 5.69 Å². The van der Waals surface area contributed by atoms with Crippen molar-refractivity contribution in [2.45, 2.75) is 4.90 Å².